The lowest BCUT2D eigenvalue weighted by molar-refractivity contribution is 0.103. The van der Waals surface area contributed by atoms with E-state index in [0.29, 0.717) is 0 Å². The van der Waals surface area contributed by atoms with Crippen LogP contribution in [0, 0.1) is 0 Å². The number of unbranched alkanes of at least 4 members (excludes halogenated alkanes) is 7. The van der Waals surface area contributed by atoms with Crippen LogP contribution in [-0.2, 0) is 0 Å². The minimum Gasteiger partial charge on any atom is -0.289 e. The van der Waals surface area contributed by atoms with Gasteiger partial charge in [-0.05, 0) is 48.6 Å². The van der Waals surface area contributed by atoms with Gasteiger partial charge in [-0.1, -0.05) is 68.9 Å². The molecule has 0 bridgehead atoms. The quantitative estimate of drug-likeness (QED) is 0.172. The zero-order valence-corrected chi connectivity index (χ0v) is 17.2. The summed E-state index contributed by atoms with van der Waals surface area (Å²) in [7, 11) is 0. The molecule has 0 saturated heterocycles. The molecular weight excluding hydrogens is 356 g/mol. The minimum atomic E-state index is 0.0940. The van der Waals surface area contributed by atoms with E-state index in [2.05, 4.69) is 24.8 Å². The lowest BCUT2D eigenvalue weighted by Crippen LogP contribution is -2.00. The van der Waals surface area contributed by atoms with Gasteiger partial charge in [0.2, 0.25) is 0 Å². The van der Waals surface area contributed by atoms with Gasteiger partial charge in [0.1, 0.15) is 0 Å². The van der Waals surface area contributed by atoms with Gasteiger partial charge in [-0.15, -0.1) is 11.8 Å². The molecule has 0 N–H and O–H groups in total. The fourth-order valence-corrected chi connectivity index (χ4v) is 4.06. The van der Waals surface area contributed by atoms with Crippen LogP contribution in [0.5, 0.6) is 0 Å². The van der Waals surface area contributed by atoms with Crippen LogP contribution in [0.4, 0.5) is 0 Å². The highest BCUT2D eigenvalue weighted by atomic mass is 32.2. The topological polar surface area (TPSA) is 17.1 Å². The molecule has 0 aliphatic carbocycles. The van der Waals surface area contributed by atoms with Crippen molar-refractivity contribution in [1.29, 1.82) is 0 Å². The van der Waals surface area contributed by atoms with Gasteiger partial charge >= 0.3 is 0 Å². The Morgan fingerprint density at radius 2 is 1.23 bits per heavy atom. The van der Waals surface area contributed by atoms with Crippen LogP contribution >= 0.6 is 24.4 Å². The van der Waals surface area contributed by atoms with Crippen LogP contribution in [-0.4, -0.2) is 17.3 Å². The van der Waals surface area contributed by atoms with E-state index < -0.39 is 0 Å². The van der Waals surface area contributed by atoms with E-state index in [9.17, 15) is 4.79 Å². The van der Waals surface area contributed by atoms with Crippen molar-refractivity contribution in [3.63, 3.8) is 0 Å². The van der Waals surface area contributed by atoms with E-state index >= 15 is 0 Å². The predicted molar refractivity (Wildman–Crippen MR) is 118 cm³/mol. The SMILES string of the molecule is O=C(c1ccccc1)c1ccc(SCCCCCCCCCCS)cc1. The summed E-state index contributed by atoms with van der Waals surface area (Å²) in [6.45, 7) is 0. The van der Waals surface area contributed by atoms with Gasteiger partial charge in [0.25, 0.3) is 0 Å². The number of carbonyl (C=O) groups is 1. The molecule has 2 rings (SSSR count). The lowest BCUT2D eigenvalue weighted by atomic mass is 10.0. The smallest absolute Gasteiger partial charge is 0.193 e. The van der Waals surface area contributed by atoms with Crippen molar-refractivity contribution in [2.24, 2.45) is 0 Å². The molecule has 0 radical (unpaired) electrons. The van der Waals surface area contributed by atoms with Crippen molar-refractivity contribution in [1.82, 2.24) is 0 Å². The van der Waals surface area contributed by atoms with Gasteiger partial charge in [0, 0.05) is 16.0 Å². The zero-order chi connectivity index (χ0) is 18.5. The Bertz CT molecular complexity index is 622. The molecule has 26 heavy (non-hydrogen) atoms. The summed E-state index contributed by atoms with van der Waals surface area (Å²) in [5, 5.41) is 0. The summed E-state index contributed by atoms with van der Waals surface area (Å²) < 4.78 is 0. The van der Waals surface area contributed by atoms with Crippen molar-refractivity contribution >= 4 is 30.2 Å². The number of benzene rings is 2. The van der Waals surface area contributed by atoms with Gasteiger partial charge in [-0.3, -0.25) is 4.79 Å². The van der Waals surface area contributed by atoms with Gasteiger partial charge in [0.15, 0.2) is 5.78 Å². The van der Waals surface area contributed by atoms with Crippen molar-refractivity contribution in [3.05, 3.63) is 65.7 Å². The molecule has 1 nitrogen and oxygen atoms in total. The number of ketones is 1. The Morgan fingerprint density at radius 1 is 0.692 bits per heavy atom. The molecule has 140 valence electrons. The average molecular weight is 387 g/mol. The maximum atomic E-state index is 12.4. The van der Waals surface area contributed by atoms with Crippen molar-refractivity contribution in [2.75, 3.05) is 11.5 Å². The molecule has 0 aliphatic heterocycles. The Kier molecular flexibility index (Phi) is 10.6. The largest absolute Gasteiger partial charge is 0.289 e. The molecule has 0 aromatic heterocycles. The highest BCUT2D eigenvalue weighted by molar-refractivity contribution is 7.99. The van der Waals surface area contributed by atoms with Crippen LogP contribution in [0.2, 0.25) is 0 Å². The van der Waals surface area contributed by atoms with Gasteiger partial charge in [0.05, 0.1) is 0 Å². The first kappa shape index (κ1) is 21.1. The molecule has 0 atom stereocenters. The Morgan fingerprint density at radius 3 is 1.85 bits per heavy atom. The lowest BCUT2D eigenvalue weighted by Gasteiger charge is -2.05. The normalized spacial score (nSPS) is 10.8. The van der Waals surface area contributed by atoms with Crippen LogP contribution in [0.1, 0.15) is 67.3 Å². The van der Waals surface area contributed by atoms with Crippen molar-refractivity contribution < 1.29 is 4.79 Å². The van der Waals surface area contributed by atoms with E-state index in [0.717, 1.165) is 22.6 Å². The molecular formula is C23H30OS2. The van der Waals surface area contributed by atoms with Crippen LogP contribution < -0.4 is 0 Å². The van der Waals surface area contributed by atoms with Gasteiger partial charge < -0.3 is 0 Å². The maximum absolute atomic E-state index is 12.4. The molecule has 3 heteroatoms. The summed E-state index contributed by atoms with van der Waals surface area (Å²) in [4.78, 5) is 13.6. The number of carbonyl (C=O) groups excluding carboxylic acids is 1. The molecule has 2 aromatic rings. The van der Waals surface area contributed by atoms with Crippen LogP contribution in [0.15, 0.2) is 59.5 Å². The van der Waals surface area contributed by atoms with Crippen molar-refractivity contribution in [2.45, 2.75) is 56.3 Å². The number of hydrogen-bond donors (Lipinski definition) is 1. The van der Waals surface area contributed by atoms with Gasteiger partial charge in [-0.2, -0.15) is 12.6 Å². The second-order valence-electron chi connectivity index (χ2n) is 6.62. The molecule has 0 amide bonds. The van der Waals surface area contributed by atoms with Crippen LogP contribution in [0.3, 0.4) is 0 Å². The second-order valence-corrected chi connectivity index (χ2v) is 8.24. The number of thiol groups is 1. The summed E-state index contributed by atoms with van der Waals surface area (Å²) in [5.41, 5.74) is 1.51. The number of thioether (sulfide) groups is 1. The average Bonchev–Trinajstić information content (AvgIpc) is 2.70. The number of hydrogen-bond acceptors (Lipinski definition) is 3. The summed E-state index contributed by atoms with van der Waals surface area (Å²) >= 11 is 6.14. The third-order valence-electron chi connectivity index (χ3n) is 4.47. The van der Waals surface area contributed by atoms with E-state index in [4.69, 9.17) is 0 Å². The molecule has 2 aromatic carbocycles. The monoisotopic (exact) mass is 386 g/mol. The fourth-order valence-electron chi connectivity index (χ4n) is 2.92. The molecule has 0 spiro atoms. The standard InChI is InChI=1S/C23H30OS2/c24-23(20-12-8-7-9-13-20)21-14-16-22(17-15-21)26-19-11-6-4-2-1-3-5-10-18-25/h7-9,12-17,25H,1-6,10-11,18-19H2. The first-order valence-electron chi connectivity index (χ1n) is 9.75. The predicted octanol–water partition coefficient (Wildman–Crippen LogP) is 7.06. The summed E-state index contributed by atoms with van der Waals surface area (Å²) in [6, 6.07) is 17.5. The van der Waals surface area contributed by atoms with Crippen molar-refractivity contribution in [3.8, 4) is 0 Å². The highest BCUT2D eigenvalue weighted by Crippen LogP contribution is 2.21. The Hall–Kier alpha value is -1.19. The number of rotatable bonds is 13. The van der Waals surface area contributed by atoms with Crippen LogP contribution in [0.25, 0.3) is 0 Å². The highest BCUT2D eigenvalue weighted by Gasteiger charge is 2.08. The van der Waals surface area contributed by atoms with Gasteiger partial charge in [-0.25, -0.2) is 0 Å². The van der Waals surface area contributed by atoms with E-state index in [1.807, 2.05) is 54.2 Å². The second kappa shape index (κ2) is 13.1. The molecule has 0 fully saturated rings. The summed E-state index contributed by atoms with van der Waals surface area (Å²) in [5.74, 6) is 2.28. The molecule has 0 heterocycles. The summed E-state index contributed by atoms with van der Waals surface area (Å²) in [6.07, 6.45) is 10.6. The first-order chi connectivity index (χ1) is 12.8. The fraction of sp³-hybridized carbons (Fsp3) is 0.435. The first-order valence-corrected chi connectivity index (χ1v) is 11.4. The third-order valence-corrected chi connectivity index (χ3v) is 5.89. The third kappa shape index (κ3) is 8.01. The Labute approximate surface area is 168 Å². The van der Waals surface area contributed by atoms with E-state index in [1.165, 1.54) is 56.3 Å². The molecule has 0 saturated carbocycles. The zero-order valence-electron chi connectivity index (χ0n) is 15.5. The maximum Gasteiger partial charge on any atom is 0.193 e. The van der Waals surface area contributed by atoms with E-state index in [1.54, 1.807) is 0 Å². The minimum absolute atomic E-state index is 0.0940. The molecule has 0 aliphatic rings. The Balaban J connectivity index is 1.60. The molecule has 0 unspecified atom stereocenters. The van der Waals surface area contributed by atoms with E-state index in [-0.39, 0.29) is 5.78 Å².